The molecule has 0 fully saturated rings. The van der Waals surface area contributed by atoms with Gasteiger partial charge in [0.05, 0.1) is 26.4 Å². The number of carbonyl (C=O) groups excluding carboxylic acids is 5. The zero-order chi connectivity index (χ0) is 81.4. The molecule has 0 radical (unpaired) electrons. The molecule has 113 heavy (non-hydrogen) atoms. The van der Waals surface area contributed by atoms with Crippen LogP contribution in [0.25, 0.3) is 0 Å². The monoisotopic (exact) mass is 1580 g/mol. The molecule has 15 heteroatoms. The lowest BCUT2D eigenvalue weighted by Crippen LogP contribution is -2.27. The van der Waals surface area contributed by atoms with Crippen LogP contribution in [0.3, 0.4) is 0 Å². The SMILES string of the molecule is CCCCCCCCCCCCCCCCOc1cc(COC(=O)CC(=O)OCc2cc(COC(=O)CC(=O)OCc3cc(OCCCCCCCCCCCCCCCC)cc(OCCCCCCCCCCCCCCCC)c3)cc(OCC(=O)OC(C)(C)C)c2)cc(OCCCCCCCCCCCCCCCC)c1. The summed E-state index contributed by atoms with van der Waals surface area (Å²) in [4.78, 5) is 65.9. The summed E-state index contributed by atoms with van der Waals surface area (Å²) in [5.74, 6) is -1.02. The highest BCUT2D eigenvalue weighted by Crippen LogP contribution is 2.29. The van der Waals surface area contributed by atoms with Gasteiger partial charge in [0.25, 0.3) is 0 Å². The van der Waals surface area contributed by atoms with Crippen LogP contribution >= 0.6 is 0 Å². The van der Waals surface area contributed by atoms with Crippen molar-refractivity contribution in [2.24, 2.45) is 0 Å². The van der Waals surface area contributed by atoms with Crippen LogP contribution in [-0.4, -0.2) is 68.5 Å². The second-order valence-electron chi connectivity index (χ2n) is 33.3. The first-order chi connectivity index (χ1) is 55.2. The fraction of sp³-hybridized carbons (Fsp3) is 0.765. The van der Waals surface area contributed by atoms with Gasteiger partial charge in [-0.2, -0.15) is 0 Å². The Labute approximate surface area is 689 Å². The number of benzene rings is 3. The van der Waals surface area contributed by atoms with Crippen molar-refractivity contribution < 1.29 is 71.3 Å². The third-order valence-corrected chi connectivity index (χ3v) is 20.9. The van der Waals surface area contributed by atoms with E-state index in [4.69, 9.17) is 47.4 Å². The van der Waals surface area contributed by atoms with Gasteiger partial charge in [-0.05, 0) is 111 Å². The Hall–Kier alpha value is -5.99. The topological polar surface area (TPSA) is 178 Å². The van der Waals surface area contributed by atoms with Gasteiger partial charge in [0.2, 0.25) is 0 Å². The molecule has 0 aromatic heterocycles. The van der Waals surface area contributed by atoms with Crippen molar-refractivity contribution in [3.8, 4) is 28.7 Å². The van der Waals surface area contributed by atoms with E-state index in [2.05, 4.69) is 27.7 Å². The van der Waals surface area contributed by atoms with Gasteiger partial charge >= 0.3 is 29.8 Å². The maximum atomic E-state index is 13.3. The van der Waals surface area contributed by atoms with E-state index in [0.717, 1.165) is 51.4 Å². The summed E-state index contributed by atoms with van der Waals surface area (Å²) in [5, 5.41) is 0. The number of hydrogen-bond donors (Lipinski definition) is 0. The van der Waals surface area contributed by atoms with Gasteiger partial charge in [-0.3, -0.25) is 19.2 Å². The minimum Gasteiger partial charge on any atom is -0.493 e. The Morgan fingerprint density at radius 1 is 0.221 bits per heavy atom. The summed E-state index contributed by atoms with van der Waals surface area (Å²) in [7, 11) is 0. The fourth-order valence-corrected chi connectivity index (χ4v) is 14.3. The molecule has 0 saturated carbocycles. The third kappa shape index (κ3) is 62.0. The molecule has 646 valence electrons. The van der Waals surface area contributed by atoms with E-state index in [9.17, 15) is 24.0 Å². The molecule has 0 aliphatic rings. The average Bonchev–Trinajstić information content (AvgIpc) is 0.872. The molecule has 0 heterocycles. The molecule has 0 aliphatic heterocycles. The molecule has 3 rings (SSSR count). The largest absolute Gasteiger partial charge is 0.493 e. The van der Waals surface area contributed by atoms with Crippen molar-refractivity contribution in [3.63, 3.8) is 0 Å². The lowest BCUT2D eigenvalue weighted by molar-refractivity contribution is -0.158. The van der Waals surface area contributed by atoms with Crippen molar-refractivity contribution >= 4 is 29.8 Å². The Kier molecular flexibility index (Phi) is 63.9. The van der Waals surface area contributed by atoms with E-state index < -0.39 is 54.9 Å². The van der Waals surface area contributed by atoms with Gasteiger partial charge in [0, 0.05) is 12.1 Å². The van der Waals surface area contributed by atoms with Gasteiger partial charge in [-0.15, -0.1) is 0 Å². The van der Waals surface area contributed by atoms with E-state index in [1.54, 1.807) is 39.0 Å². The fourth-order valence-electron chi connectivity index (χ4n) is 14.3. The average molecular weight is 1580 g/mol. The third-order valence-electron chi connectivity index (χ3n) is 20.9. The van der Waals surface area contributed by atoms with Crippen molar-refractivity contribution in [1.29, 1.82) is 0 Å². The molecule has 0 unspecified atom stereocenters. The first-order valence-corrected chi connectivity index (χ1v) is 46.6. The number of unbranched alkanes of at least 4 members (excludes halogenated alkanes) is 52. The van der Waals surface area contributed by atoms with Crippen LogP contribution in [-0.2, 0) is 74.1 Å². The number of esters is 5. The number of rotatable bonds is 79. The van der Waals surface area contributed by atoms with Crippen molar-refractivity contribution in [1.82, 2.24) is 0 Å². The van der Waals surface area contributed by atoms with E-state index in [-0.39, 0.29) is 32.2 Å². The summed E-state index contributed by atoms with van der Waals surface area (Å²) < 4.78 is 59.0. The van der Waals surface area contributed by atoms with Gasteiger partial charge in [0.15, 0.2) is 6.61 Å². The second-order valence-corrected chi connectivity index (χ2v) is 33.3. The maximum Gasteiger partial charge on any atom is 0.344 e. The summed E-state index contributed by atoms with van der Waals surface area (Å²) in [6, 6.07) is 16.0. The highest BCUT2D eigenvalue weighted by atomic mass is 16.6. The van der Waals surface area contributed by atoms with Crippen LogP contribution in [0, 0.1) is 0 Å². The van der Waals surface area contributed by atoms with Crippen LogP contribution in [0.4, 0.5) is 0 Å². The van der Waals surface area contributed by atoms with Gasteiger partial charge in [-0.1, -0.05) is 362 Å². The molecule has 15 nitrogen and oxygen atoms in total. The zero-order valence-electron chi connectivity index (χ0n) is 73.2. The number of carbonyl (C=O) groups is 5. The Morgan fingerprint density at radius 3 is 0.593 bits per heavy atom. The minimum absolute atomic E-state index is 0.104. The molecule has 0 amide bonds. The van der Waals surface area contributed by atoms with Gasteiger partial charge in [0.1, 0.15) is 73.6 Å². The summed E-state index contributed by atoms with van der Waals surface area (Å²) in [6.45, 7) is 15.4. The van der Waals surface area contributed by atoms with E-state index >= 15 is 0 Å². The van der Waals surface area contributed by atoms with Crippen LogP contribution in [0.15, 0.2) is 54.6 Å². The highest BCUT2D eigenvalue weighted by molar-refractivity contribution is 5.91. The standard InChI is InChI=1S/C98H164O15/c1-8-12-16-20-24-28-32-36-40-44-48-52-56-60-64-104-89-71-86(72-90(75-89)105-65-61-57-53-49-45-41-37-33-29-25-21-17-13-9-2)81-111-95(101)77-93(99)109-79-84-68-85(70-88(69-84)108-83-97(103)113-98(5,6)7)80-110-94(100)78-96(102)112-82-87-73-91(106-66-62-58-54-50-46-42-38-34-30-26-22-18-14-10-3)76-92(74-87)107-67-63-59-55-51-47-43-39-35-31-27-23-19-15-11-4/h68-76H,8-67,77-83H2,1-7H3. The molecule has 0 spiro atoms. The maximum absolute atomic E-state index is 13.3. The summed E-state index contributed by atoms with van der Waals surface area (Å²) in [6.07, 6.45) is 70.4. The van der Waals surface area contributed by atoms with Crippen LogP contribution in [0.2, 0.25) is 0 Å². The van der Waals surface area contributed by atoms with Crippen molar-refractivity contribution in [2.45, 2.75) is 453 Å². The zero-order valence-corrected chi connectivity index (χ0v) is 73.2. The minimum atomic E-state index is -0.826. The van der Waals surface area contributed by atoms with E-state index in [1.807, 2.05) is 36.4 Å². The summed E-state index contributed by atoms with van der Waals surface area (Å²) in [5.41, 5.74) is 1.43. The van der Waals surface area contributed by atoms with Crippen LogP contribution < -0.4 is 23.7 Å². The normalized spacial score (nSPS) is 11.4. The lowest BCUT2D eigenvalue weighted by atomic mass is 10.0. The first kappa shape index (κ1) is 101. The quantitative estimate of drug-likeness (QED) is 0.0225. The summed E-state index contributed by atoms with van der Waals surface area (Å²) >= 11 is 0. The molecule has 0 atom stereocenters. The molecule has 0 aliphatic carbocycles. The Morgan fingerprint density at radius 2 is 0.398 bits per heavy atom. The highest BCUT2D eigenvalue weighted by Gasteiger charge is 2.20. The van der Waals surface area contributed by atoms with Gasteiger partial charge < -0.3 is 47.4 Å². The van der Waals surface area contributed by atoms with E-state index in [0.29, 0.717) is 71.7 Å². The predicted molar refractivity (Wildman–Crippen MR) is 462 cm³/mol. The van der Waals surface area contributed by atoms with Gasteiger partial charge in [-0.25, -0.2) is 4.79 Å². The molecular weight excluding hydrogens is 1420 g/mol. The molecule has 3 aromatic carbocycles. The van der Waals surface area contributed by atoms with E-state index in [1.165, 1.54) is 308 Å². The molecule has 3 aromatic rings. The number of ether oxygens (including phenoxy) is 10. The smallest absolute Gasteiger partial charge is 0.344 e. The van der Waals surface area contributed by atoms with Crippen LogP contribution in [0.1, 0.15) is 443 Å². The molecule has 0 N–H and O–H groups in total. The second kappa shape index (κ2) is 71.3. The van der Waals surface area contributed by atoms with Crippen molar-refractivity contribution in [3.05, 3.63) is 76.9 Å². The Bertz CT molecular complexity index is 2540. The Balaban J connectivity index is 1.57. The lowest BCUT2D eigenvalue weighted by Gasteiger charge is -2.19. The molecule has 0 saturated heterocycles. The van der Waals surface area contributed by atoms with Crippen molar-refractivity contribution in [2.75, 3.05) is 33.0 Å². The predicted octanol–water partition coefficient (Wildman–Crippen LogP) is 28.2. The first-order valence-electron chi connectivity index (χ1n) is 46.6. The molecule has 0 bridgehead atoms. The number of hydrogen-bond acceptors (Lipinski definition) is 15. The van der Waals surface area contributed by atoms with Crippen LogP contribution in [0.5, 0.6) is 28.7 Å². The molecular formula is C98H164O15.